The minimum absolute atomic E-state index is 0.227. The second kappa shape index (κ2) is 5.39. The van der Waals surface area contributed by atoms with E-state index < -0.39 is 16.3 Å². The van der Waals surface area contributed by atoms with E-state index in [2.05, 4.69) is 5.32 Å². The van der Waals surface area contributed by atoms with Crippen molar-refractivity contribution in [1.82, 2.24) is 5.32 Å². The summed E-state index contributed by atoms with van der Waals surface area (Å²) in [5.74, 6) is -0.286. The highest BCUT2D eigenvalue weighted by Crippen LogP contribution is 2.56. The number of nitro benzene ring substituents is 1. The fourth-order valence-corrected chi connectivity index (χ4v) is 4.79. The number of rotatable bonds is 3. The molecule has 1 saturated carbocycles. The second-order valence-electron chi connectivity index (χ2n) is 7.71. The van der Waals surface area contributed by atoms with Gasteiger partial charge in [-0.1, -0.05) is 0 Å². The molecule has 3 aliphatic rings. The molecular weight excluding hydrogens is 313 g/mol. The van der Waals surface area contributed by atoms with E-state index in [1.165, 1.54) is 12.1 Å². The van der Waals surface area contributed by atoms with Gasteiger partial charge in [0.15, 0.2) is 5.82 Å². The third-order valence-electron chi connectivity index (χ3n) is 6.10. The molecule has 1 aliphatic carbocycles. The monoisotopic (exact) mass is 335 g/mol. The molecule has 2 aliphatic heterocycles. The number of piperidine rings is 1. The molecule has 0 bridgehead atoms. The van der Waals surface area contributed by atoms with Crippen LogP contribution in [0.15, 0.2) is 18.2 Å². The van der Waals surface area contributed by atoms with E-state index in [9.17, 15) is 19.6 Å². The van der Waals surface area contributed by atoms with Crippen molar-refractivity contribution in [2.45, 2.75) is 31.3 Å². The van der Waals surface area contributed by atoms with E-state index in [4.69, 9.17) is 0 Å². The maximum Gasteiger partial charge on any atom is 0.272 e. The van der Waals surface area contributed by atoms with Crippen LogP contribution >= 0.6 is 0 Å². The van der Waals surface area contributed by atoms with Crippen LogP contribution in [0, 0.1) is 27.3 Å². The van der Waals surface area contributed by atoms with Crippen LogP contribution < -0.4 is 10.2 Å². The summed E-state index contributed by atoms with van der Waals surface area (Å²) in [5, 5.41) is 24.8. The molecule has 0 radical (unpaired) electrons. The summed E-state index contributed by atoms with van der Waals surface area (Å²) in [5.41, 5.74) is -0.0351. The Kier molecular flexibility index (Phi) is 3.54. The SMILES string of the molecule is O=[N+]([O-])c1ccc(N2CCC(C3(O)CC4(CNC4)C3)CC2)c(F)c1. The zero-order valence-corrected chi connectivity index (χ0v) is 13.5. The number of anilines is 1. The summed E-state index contributed by atoms with van der Waals surface area (Å²) >= 11 is 0. The van der Waals surface area contributed by atoms with E-state index in [-0.39, 0.29) is 11.6 Å². The number of aliphatic hydroxyl groups is 1. The molecule has 24 heavy (non-hydrogen) atoms. The topological polar surface area (TPSA) is 78.6 Å². The molecule has 0 atom stereocenters. The highest BCUT2D eigenvalue weighted by molar-refractivity contribution is 5.52. The van der Waals surface area contributed by atoms with Crippen molar-refractivity contribution in [2.75, 3.05) is 31.1 Å². The summed E-state index contributed by atoms with van der Waals surface area (Å²) in [7, 11) is 0. The summed E-state index contributed by atoms with van der Waals surface area (Å²) in [6, 6.07) is 3.81. The molecule has 7 heteroatoms. The predicted molar refractivity (Wildman–Crippen MR) is 87.5 cm³/mol. The van der Waals surface area contributed by atoms with Crippen LogP contribution in [-0.2, 0) is 0 Å². The van der Waals surface area contributed by atoms with Gasteiger partial charge in [-0.3, -0.25) is 10.1 Å². The molecular formula is C17H22FN3O3. The number of nitrogens with one attached hydrogen (secondary N) is 1. The highest BCUT2D eigenvalue weighted by atomic mass is 19.1. The van der Waals surface area contributed by atoms with E-state index in [0.29, 0.717) is 24.2 Å². The Morgan fingerprint density at radius 2 is 1.96 bits per heavy atom. The van der Waals surface area contributed by atoms with Gasteiger partial charge in [0.2, 0.25) is 0 Å². The molecule has 1 spiro atoms. The van der Waals surface area contributed by atoms with E-state index in [1.807, 2.05) is 4.90 Å². The van der Waals surface area contributed by atoms with Crippen molar-refractivity contribution in [1.29, 1.82) is 0 Å². The Balaban J connectivity index is 1.39. The van der Waals surface area contributed by atoms with Crippen LogP contribution in [0.4, 0.5) is 15.8 Å². The van der Waals surface area contributed by atoms with Crippen molar-refractivity contribution in [3.8, 4) is 0 Å². The zero-order chi connectivity index (χ0) is 16.9. The van der Waals surface area contributed by atoms with E-state index in [0.717, 1.165) is 44.8 Å². The van der Waals surface area contributed by atoms with Crippen molar-refractivity contribution >= 4 is 11.4 Å². The quantitative estimate of drug-likeness (QED) is 0.653. The number of hydrogen-bond donors (Lipinski definition) is 2. The molecule has 3 fully saturated rings. The Bertz CT molecular complexity index is 661. The third-order valence-corrected chi connectivity index (χ3v) is 6.10. The van der Waals surface area contributed by atoms with Gasteiger partial charge in [0.1, 0.15) is 0 Å². The van der Waals surface area contributed by atoms with Crippen LogP contribution in [-0.4, -0.2) is 41.8 Å². The average molecular weight is 335 g/mol. The Hall–Kier alpha value is -1.73. The molecule has 2 saturated heterocycles. The van der Waals surface area contributed by atoms with Crippen molar-refractivity contribution in [2.24, 2.45) is 11.3 Å². The number of non-ortho nitro benzene ring substituents is 1. The molecule has 2 heterocycles. The Morgan fingerprint density at radius 3 is 2.46 bits per heavy atom. The van der Waals surface area contributed by atoms with E-state index >= 15 is 0 Å². The highest BCUT2D eigenvalue weighted by Gasteiger charge is 2.59. The minimum atomic E-state index is -0.587. The number of nitrogens with zero attached hydrogens (tertiary/aromatic N) is 2. The fraction of sp³-hybridized carbons (Fsp3) is 0.647. The predicted octanol–water partition coefficient (Wildman–Crippen LogP) is 2.06. The summed E-state index contributed by atoms with van der Waals surface area (Å²) in [6.45, 7) is 3.38. The van der Waals surface area contributed by atoms with Gasteiger partial charge in [0.05, 0.1) is 22.3 Å². The molecule has 0 aromatic heterocycles. The lowest BCUT2D eigenvalue weighted by molar-refractivity contribution is -0.385. The summed E-state index contributed by atoms with van der Waals surface area (Å²) in [6.07, 6.45) is 3.42. The first-order valence-electron chi connectivity index (χ1n) is 8.53. The first kappa shape index (κ1) is 15.8. The lowest BCUT2D eigenvalue weighted by Crippen LogP contribution is -2.69. The maximum atomic E-state index is 14.2. The van der Waals surface area contributed by atoms with Gasteiger partial charge in [0, 0.05) is 37.7 Å². The van der Waals surface area contributed by atoms with Crippen LogP contribution in [0.2, 0.25) is 0 Å². The molecule has 130 valence electrons. The van der Waals surface area contributed by atoms with Crippen LogP contribution in [0.25, 0.3) is 0 Å². The lowest BCUT2D eigenvalue weighted by Gasteiger charge is -2.62. The van der Waals surface area contributed by atoms with Crippen molar-refractivity contribution in [3.05, 3.63) is 34.1 Å². The molecule has 0 amide bonds. The van der Waals surface area contributed by atoms with Crippen LogP contribution in [0.3, 0.4) is 0 Å². The lowest BCUT2D eigenvalue weighted by atomic mass is 9.51. The number of benzene rings is 1. The number of halogens is 1. The minimum Gasteiger partial charge on any atom is -0.390 e. The molecule has 1 aromatic carbocycles. The van der Waals surface area contributed by atoms with Gasteiger partial charge in [-0.2, -0.15) is 0 Å². The van der Waals surface area contributed by atoms with Crippen molar-refractivity contribution in [3.63, 3.8) is 0 Å². The fourth-order valence-electron chi connectivity index (χ4n) is 4.79. The first-order valence-corrected chi connectivity index (χ1v) is 8.53. The van der Waals surface area contributed by atoms with Gasteiger partial charge < -0.3 is 15.3 Å². The van der Waals surface area contributed by atoms with Gasteiger partial charge in [-0.25, -0.2) is 4.39 Å². The second-order valence-corrected chi connectivity index (χ2v) is 7.71. The van der Waals surface area contributed by atoms with Gasteiger partial charge >= 0.3 is 0 Å². The van der Waals surface area contributed by atoms with Gasteiger partial charge in [-0.15, -0.1) is 0 Å². The average Bonchev–Trinajstić information content (AvgIpc) is 2.50. The van der Waals surface area contributed by atoms with Gasteiger partial charge in [-0.05, 0) is 37.7 Å². The smallest absolute Gasteiger partial charge is 0.272 e. The standard InChI is InChI=1S/C17H22FN3O3/c18-14-7-13(21(23)24)1-2-15(14)20-5-3-12(4-6-20)17(22)8-16(9-17)10-19-11-16/h1-2,7,12,19,22H,3-6,8-11H2. The molecule has 6 nitrogen and oxygen atoms in total. The molecule has 0 unspecified atom stereocenters. The van der Waals surface area contributed by atoms with Crippen LogP contribution in [0.5, 0.6) is 0 Å². The van der Waals surface area contributed by atoms with E-state index in [1.54, 1.807) is 0 Å². The number of hydrogen-bond acceptors (Lipinski definition) is 5. The van der Waals surface area contributed by atoms with Crippen LogP contribution in [0.1, 0.15) is 25.7 Å². The van der Waals surface area contributed by atoms with Crippen molar-refractivity contribution < 1.29 is 14.4 Å². The molecule has 1 aromatic rings. The Morgan fingerprint density at radius 1 is 1.29 bits per heavy atom. The zero-order valence-electron chi connectivity index (χ0n) is 13.5. The maximum absolute atomic E-state index is 14.2. The van der Waals surface area contributed by atoms with Gasteiger partial charge in [0.25, 0.3) is 5.69 Å². The molecule has 2 N–H and O–H groups in total. The summed E-state index contributed by atoms with van der Waals surface area (Å²) in [4.78, 5) is 12.1. The number of nitro groups is 1. The third kappa shape index (κ3) is 2.46. The molecule has 4 rings (SSSR count). The Labute approximate surface area is 139 Å². The first-order chi connectivity index (χ1) is 11.4. The largest absolute Gasteiger partial charge is 0.390 e. The normalized spacial score (nSPS) is 25.2. The summed E-state index contributed by atoms with van der Waals surface area (Å²) < 4.78 is 14.2.